The van der Waals surface area contributed by atoms with Gasteiger partial charge in [0.2, 0.25) is 0 Å². The number of rotatable bonds is 7. The van der Waals surface area contributed by atoms with Crippen LogP contribution in [-0.4, -0.2) is 74.6 Å². The SMILES string of the molecule is COC[C@@H]1CN(c2cncc(C(O)(c3ccc(C(C)C)cc3)C3(C)CN(C)C3)c2)CCO1. The van der Waals surface area contributed by atoms with Crippen LogP contribution in [0.3, 0.4) is 0 Å². The predicted molar refractivity (Wildman–Crippen MR) is 127 cm³/mol. The number of likely N-dealkylation sites (tertiary alicyclic amines) is 1. The fourth-order valence-corrected chi connectivity index (χ4v) is 5.39. The van der Waals surface area contributed by atoms with Gasteiger partial charge >= 0.3 is 0 Å². The Bertz CT molecular complexity index is 909. The van der Waals surface area contributed by atoms with Gasteiger partial charge in [0.15, 0.2) is 0 Å². The van der Waals surface area contributed by atoms with E-state index in [9.17, 15) is 5.11 Å². The van der Waals surface area contributed by atoms with E-state index >= 15 is 0 Å². The zero-order valence-electron chi connectivity index (χ0n) is 20.0. The summed E-state index contributed by atoms with van der Waals surface area (Å²) in [4.78, 5) is 9.10. The molecule has 2 fully saturated rings. The Labute approximate surface area is 192 Å². The summed E-state index contributed by atoms with van der Waals surface area (Å²) < 4.78 is 11.1. The first-order chi connectivity index (χ1) is 15.3. The Hall–Kier alpha value is -1.99. The quantitative estimate of drug-likeness (QED) is 0.715. The molecule has 174 valence electrons. The number of nitrogens with zero attached hydrogens (tertiary/aromatic N) is 3. The lowest BCUT2D eigenvalue weighted by Gasteiger charge is -2.56. The van der Waals surface area contributed by atoms with Gasteiger partial charge in [0.25, 0.3) is 0 Å². The second kappa shape index (κ2) is 9.10. The molecule has 2 atom stereocenters. The number of anilines is 1. The number of hydrogen-bond donors (Lipinski definition) is 1. The fraction of sp³-hybridized carbons (Fsp3) is 0.577. The number of methoxy groups -OCH3 is 1. The number of hydrogen-bond acceptors (Lipinski definition) is 6. The molecule has 1 aromatic carbocycles. The number of pyridine rings is 1. The topological polar surface area (TPSA) is 58.1 Å². The van der Waals surface area contributed by atoms with Gasteiger partial charge in [-0.3, -0.25) is 4.98 Å². The van der Waals surface area contributed by atoms with Crippen molar-refractivity contribution in [3.63, 3.8) is 0 Å². The third kappa shape index (κ3) is 4.17. The van der Waals surface area contributed by atoms with Crippen LogP contribution in [0.2, 0.25) is 0 Å². The summed E-state index contributed by atoms with van der Waals surface area (Å²) >= 11 is 0. The predicted octanol–water partition coefficient (Wildman–Crippen LogP) is 3.24. The molecule has 2 aliphatic rings. The van der Waals surface area contributed by atoms with E-state index in [2.05, 4.69) is 72.9 Å². The van der Waals surface area contributed by atoms with Crippen molar-refractivity contribution in [1.82, 2.24) is 9.88 Å². The molecule has 0 amide bonds. The molecule has 2 aromatic rings. The molecule has 2 aliphatic heterocycles. The minimum Gasteiger partial charge on any atom is -0.382 e. The Morgan fingerprint density at radius 3 is 2.56 bits per heavy atom. The van der Waals surface area contributed by atoms with Crippen LogP contribution in [0.4, 0.5) is 5.69 Å². The molecule has 1 aromatic heterocycles. The molecule has 3 heterocycles. The largest absolute Gasteiger partial charge is 0.382 e. The molecule has 2 saturated heterocycles. The second-order valence-corrected chi connectivity index (χ2v) is 10.0. The molecule has 0 aliphatic carbocycles. The third-order valence-corrected chi connectivity index (χ3v) is 7.10. The monoisotopic (exact) mass is 439 g/mol. The highest BCUT2D eigenvalue weighted by Crippen LogP contribution is 2.50. The lowest BCUT2D eigenvalue weighted by atomic mass is 9.62. The number of aliphatic hydroxyl groups is 1. The van der Waals surface area contributed by atoms with E-state index in [0.29, 0.717) is 19.1 Å². The Kier molecular flexibility index (Phi) is 6.59. The molecule has 6 nitrogen and oxygen atoms in total. The normalized spacial score (nSPS) is 23.1. The summed E-state index contributed by atoms with van der Waals surface area (Å²) in [5, 5.41) is 12.4. The van der Waals surface area contributed by atoms with Crippen molar-refractivity contribution in [2.45, 2.75) is 38.4 Å². The van der Waals surface area contributed by atoms with Crippen LogP contribution in [0.1, 0.15) is 43.4 Å². The summed E-state index contributed by atoms with van der Waals surface area (Å²) in [7, 11) is 3.80. The first-order valence-electron chi connectivity index (χ1n) is 11.6. The first kappa shape index (κ1) is 23.2. The van der Waals surface area contributed by atoms with Crippen LogP contribution in [0, 0.1) is 5.41 Å². The first-order valence-corrected chi connectivity index (χ1v) is 11.6. The van der Waals surface area contributed by atoms with Crippen molar-refractivity contribution in [3.05, 3.63) is 59.4 Å². The number of morpholine rings is 1. The maximum Gasteiger partial charge on any atom is 0.124 e. The van der Waals surface area contributed by atoms with Gasteiger partial charge in [-0.2, -0.15) is 0 Å². The van der Waals surface area contributed by atoms with Crippen LogP contribution in [0.5, 0.6) is 0 Å². The molecule has 0 radical (unpaired) electrons. The number of aromatic nitrogens is 1. The molecule has 32 heavy (non-hydrogen) atoms. The van der Waals surface area contributed by atoms with Crippen LogP contribution in [0.25, 0.3) is 0 Å². The maximum absolute atomic E-state index is 12.4. The molecule has 0 bridgehead atoms. The van der Waals surface area contributed by atoms with Crippen molar-refractivity contribution in [1.29, 1.82) is 0 Å². The summed E-state index contributed by atoms with van der Waals surface area (Å²) in [5.74, 6) is 0.453. The van der Waals surface area contributed by atoms with Gasteiger partial charge in [-0.25, -0.2) is 0 Å². The Balaban J connectivity index is 1.71. The smallest absolute Gasteiger partial charge is 0.124 e. The highest BCUT2D eigenvalue weighted by Gasteiger charge is 2.55. The minimum absolute atomic E-state index is 0.0395. The van der Waals surface area contributed by atoms with Crippen molar-refractivity contribution in [3.8, 4) is 0 Å². The van der Waals surface area contributed by atoms with Gasteiger partial charge in [-0.1, -0.05) is 45.0 Å². The van der Waals surface area contributed by atoms with Crippen molar-refractivity contribution >= 4 is 5.69 Å². The van der Waals surface area contributed by atoms with Crippen LogP contribution >= 0.6 is 0 Å². The van der Waals surface area contributed by atoms with Crippen LogP contribution in [-0.2, 0) is 15.1 Å². The lowest BCUT2D eigenvalue weighted by molar-refractivity contribution is -0.127. The summed E-state index contributed by atoms with van der Waals surface area (Å²) in [5.41, 5.74) is 2.63. The van der Waals surface area contributed by atoms with Gasteiger partial charge in [0.1, 0.15) is 5.60 Å². The standard InChI is InChI=1S/C26H37N3O3/c1-19(2)20-6-8-21(9-7-20)26(30,25(3)17-28(4)18-25)22-12-23(14-27-13-22)29-10-11-32-24(15-29)16-31-5/h6-9,12-14,19,24,30H,10-11,15-18H2,1-5H3/t24-,26?/m0/s1. The molecule has 6 heteroatoms. The van der Waals surface area contributed by atoms with E-state index in [0.717, 1.165) is 43.0 Å². The number of ether oxygens (including phenoxy) is 2. The Morgan fingerprint density at radius 2 is 1.94 bits per heavy atom. The van der Waals surface area contributed by atoms with E-state index in [1.807, 2.05) is 12.4 Å². The number of benzene rings is 1. The molecule has 1 N–H and O–H groups in total. The molecular weight excluding hydrogens is 402 g/mol. The molecular formula is C26H37N3O3. The summed E-state index contributed by atoms with van der Waals surface area (Å²) in [6, 6.07) is 10.6. The van der Waals surface area contributed by atoms with Gasteiger partial charge < -0.3 is 24.4 Å². The maximum atomic E-state index is 12.4. The van der Waals surface area contributed by atoms with Gasteiger partial charge in [0, 0.05) is 50.5 Å². The molecule has 0 spiro atoms. The molecule has 1 unspecified atom stereocenters. The van der Waals surface area contributed by atoms with Gasteiger partial charge in [0.05, 0.1) is 31.2 Å². The Morgan fingerprint density at radius 1 is 1.22 bits per heavy atom. The summed E-state index contributed by atoms with van der Waals surface area (Å²) in [6.45, 7) is 11.0. The lowest BCUT2D eigenvalue weighted by Crippen LogP contribution is -2.63. The summed E-state index contributed by atoms with van der Waals surface area (Å²) in [6.07, 6.45) is 3.75. The van der Waals surface area contributed by atoms with E-state index in [-0.39, 0.29) is 11.5 Å². The molecule has 4 rings (SSSR count). The average molecular weight is 440 g/mol. The van der Waals surface area contributed by atoms with E-state index in [1.54, 1.807) is 7.11 Å². The minimum atomic E-state index is -1.13. The van der Waals surface area contributed by atoms with Crippen molar-refractivity contribution < 1.29 is 14.6 Å². The van der Waals surface area contributed by atoms with E-state index in [4.69, 9.17) is 9.47 Å². The highest BCUT2D eigenvalue weighted by molar-refractivity contribution is 5.51. The fourth-order valence-electron chi connectivity index (χ4n) is 5.39. The van der Waals surface area contributed by atoms with Crippen molar-refractivity contribution in [2.24, 2.45) is 5.41 Å². The van der Waals surface area contributed by atoms with Gasteiger partial charge in [-0.05, 0) is 30.2 Å². The molecule has 0 saturated carbocycles. The van der Waals surface area contributed by atoms with Crippen LogP contribution in [0.15, 0.2) is 42.7 Å². The van der Waals surface area contributed by atoms with E-state index in [1.165, 1.54) is 5.56 Å². The third-order valence-electron chi connectivity index (χ3n) is 7.10. The zero-order valence-corrected chi connectivity index (χ0v) is 20.0. The van der Waals surface area contributed by atoms with Crippen molar-refractivity contribution in [2.75, 3.05) is 58.5 Å². The van der Waals surface area contributed by atoms with Gasteiger partial charge in [-0.15, -0.1) is 0 Å². The second-order valence-electron chi connectivity index (χ2n) is 10.0. The van der Waals surface area contributed by atoms with E-state index < -0.39 is 5.60 Å². The highest BCUT2D eigenvalue weighted by atomic mass is 16.5. The zero-order chi connectivity index (χ0) is 22.9. The average Bonchev–Trinajstić information content (AvgIpc) is 2.78. The van der Waals surface area contributed by atoms with Crippen LogP contribution < -0.4 is 4.90 Å².